The maximum atomic E-state index is 12.9. The lowest BCUT2D eigenvalue weighted by molar-refractivity contribution is -0.177. The van der Waals surface area contributed by atoms with Gasteiger partial charge in [0.25, 0.3) is 0 Å². The van der Waals surface area contributed by atoms with E-state index in [1.807, 2.05) is 14.1 Å². The topological polar surface area (TPSA) is 59.0 Å². The number of hydrogen-bond acceptors (Lipinski definition) is 5. The van der Waals surface area contributed by atoms with Crippen LogP contribution in [0.1, 0.15) is 194 Å². The Bertz CT molecular complexity index is 762. The second kappa shape index (κ2) is 39.4. The van der Waals surface area contributed by atoms with Crippen molar-refractivity contribution < 1.29 is 19.4 Å². The summed E-state index contributed by atoms with van der Waals surface area (Å²) >= 11 is 0. The fraction of sp³-hybridized carbons (Fsp3) is 0.841. The van der Waals surface area contributed by atoms with E-state index in [0.717, 1.165) is 45.1 Å². The van der Waals surface area contributed by atoms with Crippen LogP contribution < -0.4 is 0 Å². The van der Waals surface area contributed by atoms with Crippen molar-refractivity contribution >= 4 is 5.97 Å². The van der Waals surface area contributed by atoms with Crippen molar-refractivity contribution in [1.29, 1.82) is 0 Å². The van der Waals surface area contributed by atoms with Gasteiger partial charge in [0.1, 0.15) is 5.92 Å². The highest BCUT2D eigenvalue weighted by Crippen LogP contribution is 2.18. The Morgan fingerprint density at radius 3 is 1.43 bits per heavy atom. The summed E-state index contributed by atoms with van der Waals surface area (Å²) in [5, 5.41) is 10.8. The Morgan fingerprint density at radius 2 is 0.959 bits per heavy atom. The lowest BCUT2D eigenvalue weighted by atomic mass is 10.0. The maximum absolute atomic E-state index is 12.9. The van der Waals surface area contributed by atoms with E-state index in [1.54, 1.807) is 0 Å². The zero-order chi connectivity index (χ0) is 35.9. The third kappa shape index (κ3) is 36.2. The molecule has 0 saturated heterocycles. The van der Waals surface area contributed by atoms with Crippen LogP contribution in [-0.4, -0.2) is 56.1 Å². The molecule has 0 aliphatic rings. The fourth-order valence-corrected chi connectivity index (χ4v) is 6.04. The number of aliphatic hydroxyl groups is 1. The minimum absolute atomic E-state index is 0.306. The highest BCUT2D eigenvalue weighted by Gasteiger charge is 2.28. The number of carbonyl (C=O) groups excluding carboxylic acids is 1. The van der Waals surface area contributed by atoms with Gasteiger partial charge in [-0.2, -0.15) is 0 Å². The summed E-state index contributed by atoms with van der Waals surface area (Å²) < 4.78 is 11.4. The summed E-state index contributed by atoms with van der Waals surface area (Å²) in [6.07, 6.45) is 46.2. The molecule has 0 saturated carbocycles. The van der Waals surface area contributed by atoms with Crippen molar-refractivity contribution in [3.63, 3.8) is 0 Å². The predicted octanol–water partition coefficient (Wildman–Crippen LogP) is 12.7. The first-order valence-corrected chi connectivity index (χ1v) is 21.1. The number of esters is 1. The molecule has 0 aromatic rings. The van der Waals surface area contributed by atoms with Crippen LogP contribution in [0.4, 0.5) is 0 Å². The number of aliphatic hydroxyl groups excluding tert-OH is 1. The lowest BCUT2D eigenvalue weighted by Gasteiger charge is -2.22. The Labute approximate surface area is 305 Å². The van der Waals surface area contributed by atoms with E-state index in [9.17, 15) is 9.90 Å². The van der Waals surface area contributed by atoms with Gasteiger partial charge in [-0.05, 0) is 104 Å². The van der Waals surface area contributed by atoms with Crippen LogP contribution in [0.2, 0.25) is 0 Å². The molecule has 0 rings (SSSR count). The molecule has 0 aliphatic carbocycles. The highest BCUT2D eigenvalue weighted by atomic mass is 16.6. The molecule has 49 heavy (non-hydrogen) atoms. The smallest absolute Gasteiger partial charge is 0.314 e. The molecule has 0 spiro atoms. The summed E-state index contributed by atoms with van der Waals surface area (Å²) in [5.74, 6) is -0.916. The normalized spacial score (nSPS) is 13.4. The first-order valence-electron chi connectivity index (χ1n) is 21.1. The molecular formula is C44H83NO4. The molecule has 0 radical (unpaired) electrons. The number of allylic oxidation sites excluding steroid dienone is 6. The number of nitrogens with zero attached hydrogens (tertiary/aromatic N) is 1. The summed E-state index contributed by atoms with van der Waals surface area (Å²) in [4.78, 5) is 15.0. The monoisotopic (exact) mass is 690 g/mol. The van der Waals surface area contributed by atoms with E-state index < -0.39 is 12.2 Å². The SMILES string of the molecule is CCCCC/C=C\C/C=C\CCCCCCCCOC(O)C(CCCN(C)C)C(=O)OCCCCCCCCCCC/C=C\CCCCC. The van der Waals surface area contributed by atoms with Crippen LogP contribution in [0.15, 0.2) is 36.5 Å². The molecule has 0 aliphatic heterocycles. The minimum Gasteiger partial charge on any atom is -0.465 e. The second-order valence-electron chi connectivity index (χ2n) is 14.5. The molecular weight excluding hydrogens is 606 g/mol. The van der Waals surface area contributed by atoms with Crippen molar-refractivity contribution in [2.75, 3.05) is 33.9 Å². The first kappa shape index (κ1) is 47.6. The third-order valence-electron chi connectivity index (χ3n) is 9.30. The summed E-state index contributed by atoms with van der Waals surface area (Å²) in [7, 11) is 4.06. The van der Waals surface area contributed by atoms with Gasteiger partial charge in [0, 0.05) is 6.61 Å². The van der Waals surface area contributed by atoms with E-state index in [2.05, 4.69) is 55.2 Å². The van der Waals surface area contributed by atoms with Crippen molar-refractivity contribution in [3.05, 3.63) is 36.5 Å². The van der Waals surface area contributed by atoms with E-state index in [0.29, 0.717) is 19.6 Å². The van der Waals surface area contributed by atoms with Crippen LogP contribution in [-0.2, 0) is 14.3 Å². The summed E-state index contributed by atoms with van der Waals surface area (Å²) in [5.41, 5.74) is 0. The Morgan fingerprint density at radius 1 is 0.551 bits per heavy atom. The molecule has 2 atom stereocenters. The van der Waals surface area contributed by atoms with Gasteiger partial charge in [-0.25, -0.2) is 0 Å². The summed E-state index contributed by atoms with van der Waals surface area (Å²) in [6, 6.07) is 0. The second-order valence-corrected chi connectivity index (χ2v) is 14.5. The molecule has 2 unspecified atom stereocenters. The highest BCUT2D eigenvalue weighted by molar-refractivity contribution is 5.72. The molecule has 0 fully saturated rings. The number of rotatable bonds is 38. The number of unbranched alkanes of at least 4 members (excludes halogenated alkanes) is 21. The number of carbonyl (C=O) groups is 1. The predicted molar refractivity (Wildman–Crippen MR) is 213 cm³/mol. The van der Waals surface area contributed by atoms with Crippen molar-refractivity contribution in [1.82, 2.24) is 4.90 Å². The van der Waals surface area contributed by atoms with Gasteiger partial charge < -0.3 is 19.5 Å². The first-order chi connectivity index (χ1) is 24.0. The Hall–Kier alpha value is -1.43. The lowest BCUT2D eigenvalue weighted by Crippen LogP contribution is -2.33. The average molecular weight is 690 g/mol. The molecule has 5 nitrogen and oxygen atoms in total. The fourth-order valence-electron chi connectivity index (χ4n) is 6.04. The van der Waals surface area contributed by atoms with Gasteiger partial charge >= 0.3 is 5.97 Å². The van der Waals surface area contributed by atoms with Gasteiger partial charge in [-0.1, -0.05) is 147 Å². The zero-order valence-corrected chi connectivity index (χ0v) is 33.2. The van der Waals surface area contributed by atoms with E-state index in [-0.39, 0.29) is 5.97 Å². The van der Waals surface area contributed by atoms with Gasteiger partial charge in [0.15, 0.2) is 6.29 Å². The van der Waals surface area contributed by atoms with E-state index in [4.69, 9.17) is 9.47 Å². The van der Waals surface area contributed by atoms with E-state index in [1.165, 1.54) is 135 Å². The molecule has 0 amide bonds. The quantitative estimate of drug-likeness (QED) is 0.0303. The molecule has 5 heteroatoms. The molecule has 1 N–H and O–H groups in total. The van der Waals surface area contributed by atoms with E-state index >= 15 is 0 Å². The number of hydrogen-bond donors (Lipinski definition) is 1. The average Bonchev–Trinajstić information content (AvgIpc) is 3.09. The van der Waals surface area contributed by atoms with Crippen molar-refractivity contribution in [2.24, 2.45) is 5.92 Å². The van der Waals surface area contributed by atoms with Crippen LogP contribution >= 0.6 is 0 Å². The van der Waals surface area contributed by atoms with Gasteiger partial charge in [0.2, 0.25) is 0 Å². The standard InChI is InChI=1S/C44H83NO4/c1-5-7-9-11-13-15-17-19-21-23-25-27-29-31-33-35-40-48-43(46)42(38-37-39-45(3)4)44(47)49-41-36-34-32-30-28-26-24-22-20-18-16-14-12-10-8-6-2/h13-16,19,21,42-43,46H,5-12,17-18,20,22-41H2,1-4H3/b15-13-,16-14-,21-19-. The largest absolute Gasteiger partial charge is 0.465 e. The Kier molecular flexibility index (Phi) is 38.2. The Balaban J connectivity index is 3.94. The van der Waals surface area contributed by atoms with Gasteiger partial charge in [0.05, 0.1) is 6.61 Å². The van der Waals surface area contributed by atoms with Crippen LogP contribution in [0.5, 0.6) is 0 Å². The summed E-state index contributed by atoms with van der Waals surface area (Å²) in [6.45, 7) is 6.31. The minimum atomic E-state index is -1.09. The van der Waals surface area contributed by atoms with Gasteiger partial charge in [-0.3, -0.25) is 4.79 Å². The molecule has 0 heterocycles. The molecule has 0 aromatic carbocycles. The maximum Gasteiger partial charge on any atom is 0.314 e. The van der Waals surface area contributed by atoms with Crippen LogP contribution in [0, 0.1) is 5.92 Å². The van der Waals surface area contributed by atoms with Gasteiger partial charge in [-0.15, -0.1) is 0 Å². The molecule has 288 valence electrons. The number of ether oxygens (including phenoxy) is 2. The third-order valence-corrected chi connectivity index (χ3v) is 9.30. The van der Waals surface area contributed by atoms with Crippen LogP contribution in [0.25, 0.3) is 0 Å². The van der Waals surface area contributed by atoms with Crippen molar-refractivity contribution in [2.45, 2.75) is 200 Å². The zero-order valence-electron chi connectivity index (χ0n) is 33.2. The van der Waals surface area contributed by atoms with Crippen LogP contribution in [0.3, 0.4) is 0 Å². The van der Waals surface area contributed by atoms with Crippen molar-refractivity contribution in [3.8, 4) is 0 Å². The molecule has 0 aromatic heterocycles. The molecule has 0 bridgehead atoms.